The van der Waals surface area contributed by atoms with Gasteiger partial charge >= 0.3 is 0 Å². The molecule has 2 bridgehead atoms. The molecule has 2 aliphatic carbocycles. The minimum absolute atomic E-state index is 0. The Kier molecular flexibility index (Phi) is 10.4. The van der Waals surface area contributed by atoms with Crippen LogP contribution >= 0.6 is 11.6 Å². The van der Waals surface area contributed by atoms with Crippen LogP contribution in [0.15, 0.2) is 59.1 Å². The van der Waals surface area contributed by atoms with Crippen LogP contribution in [0.3, 0.4) is 0 Å². The monoisotopic (exact) mass is 753 g/mol. The summed E-state index contributed by atoms with van der Waals surface area (Å²) < 4.78 is 46.5. The van der Waals surface area contributed by atoms with Gasteiger partial charge in [0.25, 0.3) is 11.8 Å². The van der Waals surface area contributed by atoms with Gasteiger partial charge in [0.05, 0.1) is 37.4 Å². The number of hydrogen-bond acceptors (Lipinski definition) is 9. The highest BCUT2D eigenvalue weighted by Crippen LogP contribution is 2.47. The number of carbonyl (C=O) groups is 2. The number of amides is 2. The number of nitrogens with one attached hydrogen (secondary N) is 1. The van der Waals surface area contributed by atoms with E-state index in [1.807, 2.05) is 18.2 Å². The highest BCUT2D eigenvalue weighted by molar-refractivity contribution is 7.92. The summed E-state index contributed by atoms with van der Waals surface area (Å²) in [6.45, 7) is 1.91. The molecule has 1 spiro atoms. The fourth-order valence-corrected chi connectivity index (χ4v) is 10.0. The first-order chi connectivity index (χ1) is 25.0. The molecule has 1 N–H and O–H groups in total. The third kappa shape index (κ3) is 7.20. The Labute approximate surface area is 311 Å². The fourth-order valence-electron chi connectivity index (χ4n) is 8.26. The highest BCUT2D eigenvalue weighted by atomic mass is 35.5. The smallest absolute Gasteiger partial charge is 0.286 e. The zero-order valence-electron chi connectivity index (χ0n) is 30.0. The molecular formula is C38H48ClN5O7S. The summed E-state index contributed by atoms with van der Waals surface area (Å²) in [5.74, 6) is -0.233. The lowest BCUT2D eigenvalue weighted by atomic mass is 9.68. The van der Waals surface area contributed by atoms with E-state index in [0.717, 1.165) is 49.4 Å². The number of ether oxygens (including phenoxy) is 4. The molecule has 2 amide bonds. The molecule has 3 aromatic rings. The second-order valence-corrected chi connectivity index (χ2v) is 16.8. The van der Waals surface area contributed by atoms with Crippen LogP contribution in [0, 0.1) is 11.8 Å². The third-order valence-corrected chi connectivity index (χ3v) is 13.1. The average Bonchev–Trinajstić information content (AvgIpc) is 3.44. The van der Waals surface area contributed by atoms with Gasteiger partial charge in [-0.3, -0.25) is 19.0 Å². The van der Waals surface area contributed by atoms with Crippen LogP contribution in [0.4, 0.5) is 5.69 Å². The van der Waals surface area contributed by atoms with Crippen LogP contribution in [-0.4, -0.2) is 84.8 Å². The molecule has 14 heteroatoms. The van der Waals surface area contributed by atoms with Gasteiger partial charge in [0.1, 0.15) is 21.2 Å². The summed E-state index contributed by atoms with van der Waals surface area (Å²) in [5.41, 5.74) is 3.32. The minimum Gasteiger partial charge on any atom is -0.490 e. The number of aromatic nitrogens is 2. The van der Waals surface area contributed by atoms with Crippen molar-refractivity contribution in [3.05, 3.63) is 82.0 Å². The van der Waals surface area contributed by atoms with E-state index >= 15 is 0 Å². The average molecular weight is 754 g/mol. The predicted molar refractivity (Wildman–Crippen MR) is 201 cm³/mol. The van der Waals surface area contributed by atoms with Crippen molar-refractivity contribution >= 4 is 39.0 Å². The Bertz CT molecular complexity index is 2020. The maximum absolute atomic E-state index is 14.6. The van der Waals surface area contributed by atoms with Crippen molar-refractivity contribution in [2.45, 2.75) is 56.1 Å². The number of methoxy groups -OCH3 is 3. The number of carbonyl (C=O) groups excluding carboxylic acids is 2. The van der Waals surface area contributed by atoms with E-state index in [0.29, 0.717) is 24.8 Å². The van der Waals surface area contributed by atoms with Gasteiger partial charge in [0.15, 0.2) is 0 Å². The topological polar surface area (TPSA) is 134 Å². The lowest BCUT2D eigenvalue weighted by Gasteiger charge is -2.46. The van der Waals surface area contributed by atoms with Crippen molar-refractivity contribution in [1.29, 1.82) is 0 Å². The Morgan fingerprint density at radius 3 is 2.71 bits per heavy atom. The first-order valence-corrected chi connectivity index (χ1v) is 19.8. The van der Waals surface area contributed by atoms with Crippen LogP contribution in [0.2, 0.25) is 5.02 Å². The van der Waals surface area contributed by atoms with Crippen LogP contribution in [0.1, 0.15) is 65.4 Å². The van der Waals surface area contributed by atoms with Gasteiger partial charge in [-0.2, -0.15) is 0 Å². The number of nitrogens with zero attached hydrogens (tertiary/aromatic N) is 4. The van der Waals surface area contributed by atoms with Crippen LogP contribution in [0.5, 0.6) is 11.6 Å². The molecule has 12 nitrogen and oxygen atoms in total. The molecule has 0 saturated heterocycles. The van der Waals surface area contributed by atoms with Crippen molar-refractivity contribution < 1.29 is 34.2 Å². The molecule has 2 aromatic carbocycles. The largest absolute Gasteiger partial charge is 0.490 e. The van der Waals surface area contributed by atoms with Gasteiger partial charge in [0.2, 0.25) is 5.88 Å². The summed E-state index contributed by atoms with van der Waals surface area (Å²) in [4.78, 5) is 29.9. The van der Waals surface area contributed by atoms with Crippen LogP contribution < -0.4 is 19.1 Å². The molecule has 280 valence electrons. The van der Waals surface area contributed by atoms with Gasteiger partial charge in [-0.25, -0.2) is 4.21 Å². The van der Waals surface area contributed by atoms with Crippen LogP contribution in [-0.2, 0) is 38.3 Å². The number of halogens is 1. The summed E-state index contributed by atoms with van der Waals surface area (Å²) in [6, 6.07) is 11.4. The number of fused-ring (bicyclic) bond motifs is 4. The summed E-state index contributed by atoms with van der Waals surface area (Å²) in [7, 11) is 2.67. The van der Waals surface area contributed by atoms with Crippen LogP contribution in [0.25, 0.3) is 0 Å². The quantitative estimate of drug-likeness (QED) is 0.323. The Hall–Kier alpha value is -3.91. The number of benzene rings is 2. The predicted octanol–water partition coefficient (Wildman–Crippen LogP) is 5.77. The first kappa shape index (κ1) is 36.4. The highest BCUT2D eigenvalue weighted by Gasteiger charge is 2.44. The number of hydrogen-bond donors (Lipinski definition) is 1. The van der Waals surface area contributed by atoms with Gasteiger partial charge in [-0.15, -0.1) is 9.46 Å². The number of aryl methyl sites for hydroxylation is 2. The van der Waals surface area contributed by atoms with E-state index in [2.05, 4.69) is 31.2 Å². The third-order valence-electron chi connectivity index (χ3n) is 11.1. The number of rotatable bonds is 5. The van der Waals surface area contributed by atoms with E-state index in [9.17, 15) is 13.8 Å². The molecule has 3 heterocycles. The van der Waals surface area contributed by atoms with E-state index in [1.165, 1.54) is 29.1 Å². The summed E-state index contributed by atoms with van der Waals surface area (Å²) in [6.07, 6.45) is 10.0. The van der Waals surface area contributed by atoms with Crippen molar-refractivity contribution in [2.75, 3.05) is 51.7 Å². The van der Waals surface area contributed by atoms with Crippen molar-refractivity contribution in [3.8, 4) is 11.6 Å². The SMILES string of the molecule is COc1nn(C)cc1C(=O)NS1(=O)=NC(=O)c2ccc3c(c2)N(C[C@@H]2CC[C@H]2[C@@H](OC)/C=C/[C@H](OC)CC1)C[C@@]1(CCCc2cc(Cl)ccc21)CO3.[HH]. The summed E-state index contributed by atoms with van der Waals surface area (Å²) in [5, 5.41) is 4.86. The van der Waals surface area contributed by atoms with E-state index in [-0.39, 0.29) is 48.0 Å². The van der Waals surface area contributed by atoms with Gasteiger partial charge in [0, 0.05) is 58.0 Å². The van der Waals surface area contributed by atoms with Crippen molar-refractivity contribution in [1.82, 2.24) is 14.5 Å². The molecule has 4 aliphatic rings. The lowest BCUT2D eigenvalue weighted by Crippen LogP contribution is -2.49. The molecule has 7 rings (SSSR count). The van der Waals surface area contributed by atoms with Gasteiger partial charge < -0.3 is 23.8 Å². The number of anilines is 1. The molecule has 1 aromatic heterocycles. The molecule has 6 atom stereocenters. The van der Waals surface area contributed by atoms with Gasteiger partial charge in [-0.05, 0) is 91.8 Å². The van der Waals surface area contributed by atoms with Crippen molar-refractivity contribution in [3.63, 3.8) is 0 Å². The normalized spacial score (nSPS) is 29.4. The fraction of sp³-hybridized carbons (Fsp3) is 0.500. The molecule has 1 saturated carbocycles. The Morgan fingerprint density at radius 1 is 1.12 bits per heavy atom. The molecular weight excluding hydrogens is 706 g/mol. The van der Waals surface area contributed by atoms with E-state index < -0.39 is 27.8 Å². The Morgan fingerprint density at radius 2 is 1.96 bits per heavy atom. The zero-order chi connectivity index (χ0) is 36.6. The van der Waals surface area contributed by atoms with Gasteiger partial charge in [-0.1, -0.05) is 29.8 Å². The molecule has 2 aliphatic heterocycles. The maximum atomic E-state index is 14.6. The maximum Gasteiger partial charge on any atom is 0.286 e. The Balaban J connectivity index is 0.00000481. The van der Waals surface area contributed by atoms with E-state index in [4.69, 9.17) is 30.5 Å². The standard InChI is InChI=1S/C38H46ClN5O7S.H2/c1-43-21-30(37(40-43)50-4)36(46)42-52(47)17-15-28(48-2)10-14-33(49-3)29-11-7-26(29)20-44-22-38(16-5-6-24-18-27(39)9-12-31(24)38)23-51-34-13-8-25(19-32(34)44)35(45)41-52;/h8-10,12-14,18-19,21,26,28-29,33H,5-7,11,15-17,20,22-23H2,1-4H3,(H,41,42,45,46,47);1H/b14-10+;/t26-,28-,29+,33-,38-,52?;/m0./s1. The van der Waals surface area contributed by atoms with Crippen molar-refractivity contribution in [2.24, 2.45) is 23.2 Å². The molecule has 0 radical (unpaired) electrons. The van der Waals surface area contributed by atoms with E-state index in [1.54, 1.807) is 39.5 Å². The zero-order valence-corrected chi connectivity index (χ0v) is 31.6. The first-order valence-electron chi connectivity index (χ1n) is 17.8. The second-order valence-electron chi connectivity index (χ2n) is 14.3. The minimum atomic E-state index is -3.67. The summed E-state index contributed by atoms with van der Waals surface area (Å²) >= 11 is 6.46. The molecule has 1 unspecified atom stereocenters. The lowest BCUT2D eigenvalue weighted by molar-refractivity contribution is 0.0124. The second kappa shape index (κ2) is 14.8. The molecule has 52 heavy (non-hydrogen) atoms. The molecule has 1 fully saturated rings.